The van der Waals surface area contributed by atoms with Crippen LogP contribution in [0.3, 0.4) is 0 Å². The van der Waals surface area contributed by atoms with Crippen LogP contribution < -0.4 is 4.90 Å². The molecule has 0 saturated heterocycles. The number of hydrogen-bond donors (Lipinski definition) is 0. The van der Waals surface area contributed by atoms with Crippen LogP contribution in [0, 0.1) is 19.8 Å². The zero-order chi connectivity index (χ0) is 25.9. The standard InChI is InChI=1S/C28H32N4O3S2/c1-20-4-12-24(13-5-20)36(33)32-17-16-26-27(29-19-30-28(26)32)31(3)23-10-8-22(9-11-23)18-35-37(34)25-14-6-21(2)7-15-25/h4-7,12-17,19,22-23H,8-11,18H2,1-3H3. The minimum atomic E-state index is -1.43. The van der Waals surface area contributed by atoms with Gasteiger partial charge in [-0.3, -0.25) is 4.18 Å². The van der Waals surface area contributed by atoms with Gasteiger partial charge in [0.15, 0.2) is 27.7 Å². The summed E-state index contributed by atoms with van der Waals surface area (Å²) in [6.45, 7) is 4.53. The summed E-state index contributed by atoms with van der Waals surface area (Å²) in [5, 5.41) is 0.893. The van der Waals surface area contributed by atoms with Crippen molar-refractivity contribution in [2.75, 3.05) is 18.6 Å². The second kappa shape index (κ2) is 11.2. The van der Waals surface area contributed by atoms with Gasteiger partial charge in [-0.05, 0) is 75.8 Å². The van der Waals surface area contributed by atoms with Gasteiger partial charge in [-0.1, -0.05) is 35.4 Å². The Morgan fingerprint density at radius 3 is 2.16 bits per heavy atom. The van der Waals surface area contributed by atoms with Gasteiger partial charge in [0.25, 0.3) is 0 Å². The van der Waals surface area contributed by atoms with Gasteiger partial charge in [0.2, 0.25) is 0 Å². The number of hydrogen-bond acceptors (Lipinski definition) is 6. The van der Waals surface area contributed by atoms with Gasteiger partial charge >= 0.3 is 0 Å². The number of aromatic nitrogens is 3. The maximum Gasteiger partial charge on any atom is 0.189 e. The highest BCUT2D eigenvalue weighted by molar-refractivity contribution is 7.83. The lowest BCUT2D eigenvalue weighted by Crippen LogP contribution is -2.36. The highest BCUT2D eigenvalue weighted by atomic mass is 32.2. The molecule has 0 aliphatic heterocycles. The van der Waals surface area contributed by atoms with Crippen molar-refractivity contribution in [3.05, 3.63) is 78.2 Å². The van der Waals surface area contributed by atoms with Crippen molar-refractivity contribution in [2.45, 2.75) is 55.4 Å². The minimum Gasteiger partial charge on any atom is -0.356 e. The molecule has 2 aromatic carbocycles. The molecule has 0 N–H and O–H groups in total. The molecule has 4 aromatic rings. The first-order valence-corrected chi connectivity index (χ1v) is 14.7. The lowest BCUT2D eigenvalue weighted by Gasteiger charge is -2.35. The van der Waals surface area contributed by atoms with Crippen molar-refractivity contribution in [2.24, 2.45) is 5.92 Å². The van der Waals surface area contributed by atoms with E-state index in [1.807, 2.05) is 74.6 Å². The van der Waals surface area contributed by atoms with E-state index in [0.717, 1.165) is 52.9 Å². The van der Waals surface area contributed by atoms with Crippen molar-refractivity contribution in [1.82, 2.24) is 13.9 Å². The molecule has 1 aliphatic rings. The molecular formula is C28H32N4O3S2. The number of fused-ring (bicyclic) bond motifs is 1. The second-order valence-electron chi connectivity index (χ2n) is 9.76. The van der Waals surface area contributed by atoms with Crippen molar-refractivity contribution in [3.63, 3.8) is 0 Å². The van der Waals surface area contributed by atoms with Gasteiger partial charge < -0.3 is 4.90 Å². The molecule has 9 heteroatoms. The number of aryl methyl sites for hydroxylation is 2. The molecule has 0 amide bonds. The van der Waals surface area contributed by atoms with E-state index in [0.29, 0.717) is 29.1 Å². The molecule has 1 fully saturated rings. The quantitative estimate of drug-likeness (QED) is 0.302. The van der Waals surface area contributed by atoms with E-state index in [1.165, 1.54) is 0 Å². The van der Waals surface area contributed by atoms with Gasteiger partial charge in [-0.2, -0.15) is 0 Å². The summed E-state index contributed by atoms with van der Waals surface area (Å²) in [6.07, 6.45) is 7.40. The number of anilines is 1. The van der Waals surface area contributed by atoms with Crippen LogP contribution in [0.2, 0.25) is 0 Å². The molecule has 5 rings (SSSR count). The average Bonchev–Trinajstić information content (AvgIpc) is 3.36. The molecule has 37 heavy (non-hydrogen) atoms. The third kappa shape index (κ3) is 5.68. The molecule has 2 unspecified atom stereocenters. The van der Waals surface area contributed by atoms with Crippen molar-refractivity contribution < 1.29 is 12.6 Å². The summed E-state index contributed by atoms with van der Waals surface area (Å²) in [4.78, 5) is 12.7. The van der Waals surface area contributed by atoms with Gasteiger partial charge in [0.05, 0.1) is 21.8 Å². The first kappa shape index (κ1) is 25.8. The zero-order valence-corrected chi connectivity index (χ0v) is 23.0. The van der Waals surface area contributed by atoms with Gasteiger partial charge in [-0.15, -0.1) is 0 Å². The third-order valence-corrected chi connectivity index (χ3v) is 9.49. The molecule has 0 spiro atoms. The lowest BCUT2D eigenvalue weighted by molar-refractivity contribution is 0.213. The summed E-state index contributed by atoms with van der Waals surface area (Å²) >= 11 is -1.43. The van der Waals surface area contributed by atoms with Crippen LogP contribution in [0.25, 0.3) is 11.0 Å². The van der Waals surface area contributed by atoms with Crippen molar-refractivity contribution in [3.8, 4) is 0 Å². The van der Waals surface area contributed by atoms with Crippen LogP contribution in [-0.2, 0) is 26.2 Å². The van der Waals surface area contributed by atoms with Crippen molar-refractivity contribution in [1.29, 1.82) is 0 Å². The SMILES string of the molecule is Cc1ccc(S(=O)OCC2CCC(N(C)c3ncnc4c3ccn4S(=O)c3ccc(C)cc3)CC2)cc1. The highest BCUT2D eigenvalue weighted by Gasteiger charge is 2.27. The van der Waals surface area contributed by atoms with E-state index < -0.39 is 22.1 Å². The smallest absolute Gasteiger partial charge is 0.189 e. The Hall–Kier alpha value is -2.88. The fourth-order valence-corrected chi connectivity index (χ4v) is 6.73. The molecular weight excluding hydrogens is 504 g/mol. The molecule has 0 radical (unpaired) electrons. The number of rotatable bonds is 8. The Labute approximate surface area is 223 Å². The largest absolute Gasteiger partial charge is 0.356 e. The van der Waals surface area contributed by atoms with E-state index in [1.54, 1.807) is 10.3 Å². The van der Waals surface area contributed by atoms with E-state index in [4.69, 9.17) is 4.18 Å². The second-order valence-corrected chi connectivity index (χ2v) is 12.3. The maximum atomic E-state index is 13.2. The van der Waals surface area contributed by atoms with Crippen LogP contribution in [0.15, 0.2) is 76.9 Å². The number of nitrogens with zero attached hydrogens (tertiary/aromatic N) is 4. The van der Waals surface area contributed by atoms with Crippen LogP contribution >= 0.6 is 0 Å². The summed E-state index contributed by atoms with van der Waals surface area (Å²) < 4.78 is 33.1. The third-order valence-electron chi connectivity index (χ3n) is 7.15. The van der Waals surface area contributed by atoms with Crippen LogP contribution in [0.5, 0.6) is 0 Å². The van der Waals surface area contributed by atoms with E-state index >= 15 is 0 Å². The topological polar surface area (TPSA) is 77.3 Å². The molecule has 2 atom stereocenters. The first-order valence-electron chi connectivity index (χ1n) is 12.6. The molecule has 7 nitrogen and oxygen atoms in total. The lowest BCUT2D eigenvalue weighted by atomic mass is 9.86. The van der Waals surface area contributed by atoms with Gasteiger partial charge in [-0.25, -0.2) is 22.4 Å². The maximum absolute atomic E-state index is 13.2. The molecule has 2 aromatic heterocycles. The Morgan fingerprint density at radius 2 is 1.51 bits per heavy atom. The van der Waals surface area contributed by atoms with Crippen LogP contribution in [0.4, 0.5) is 5.82 Å². The summed E-state index contributed by atoms with van der Waals surface area (Å²) in [5.74, 6) is 1.24. The molecule has 1 aliphatic carbocycles. The molecule has 2 heterocycles. The summed E-state index contributed by atoms with van der Waals surface area (Å²) in [6, 6.07) is 17.6. The molecule has 0 bridgehead atoms. The predicted octanol–water partition coefficient (Wildman–Crippen LogP) is 5.35. The van der Waals surface area contributed by atoms with E-state index in [-0.39, 0.29) is 0 Å². The Balaban J connectivity index is 1.22. The van der Waals surface area contributed by atoms with Crippen LogP contribution in [0.1, 0.15) is 36.8 Å². The average molecular weight is 537 g/mol. The Bertz CT molecular complexity index is 1410. The Kier molecular flexibility index (Phi) is 7.83. The zero-order valence-electron chi connectivity index (χ0n) is 21.4. The highest BCUT2D eigenvalue weighted by Crippen LogP contribution is 2.33. The Morgan fingerprint density at radius 1 is 0.892 bits per heavy atom. The number of benzene rings is 2. The van der Waals surface area contributed by atoms with E-state index in [2.05, 4.69) is 21.9 Å². The molecule has 1 saturated carbocycles. The minimum absolute atomic E-state index is 0.336. The predicted molar refractivity (Wildman–Crippen MR) is 148 cm³/mol. The van der Waals surface area contributed by atoms with E-state index in [9.17, 15) is 8.42 Å². The summed E-state index contributed by atoms with van der Waals surface area (Å²) in [7, 11) is 0.691. The fourth-order valence-electron chi connectivity index (χ4n) is 4.85. The van der Waals surface area contributed by atoms with Gasteiger partial charge in [0, 0.05) is 19.3 Å². The van der Waals surface area contributed by atoms with Crippen LogP contribution in [-0.4, -0.2) is 42.1 Å². The fraction of sp³-hybridized carbons (Fsp3) is 0.357. The molecule has 194 valence electrons. The monoisotopic (exact) mass is 536 g/mol. The summed E-state index contributed by atoms with van der Waals surface area (Å²) in [5.41, 5.74) is 2.93. The van der Waals surface area contributed by atoms with Crippen molar-refractivity contribution >= 4 is 38.9 Å². The van der Waals surface area contributed by atoms with Gasteiger partial charge in [0.1, 0.15) is 12.1 Å². The normalized spacial score (nSPS) is 19.5. The first-order chi connectivity index (χ1) is 17.9.